The van der Waals surface area contributed by atoms with Crippen LogP contribution in [0.5, 0.6) is 0 Å². The Morgan fingerprint density at radius 2 is 2.00 bits per heavy atom. The summed E-state index contributed by atoms with van der Waals surface area (Å²) in [4.78, 5) is 15.8. The standard InChI is InChI=1S/C15H14ClN3O3S/c1-9-4-3-5-11-15(9)19(8-14(20)18-11)23(21,22)12-7-17-13(16)6-10(12)2/h3-7H,8H2,1-2H3,(H,18,20). The van der Waals surface area contributed by atoms with Crippen molar-refractivity contribution in [1.82, 2.24) is 4.98 Å². The summed E-state index contributed by atoms with van der Waals surface area (Å²) in [5.74, 6) is -0.383. The van der Waals surface area contributed by atoms with Crippen molar-refractivity contribution in [3.63, 3.8) is 0 Å². The summed E-state index contributed by atoms with van der Waals surface area (Å²) in [6, 6.07) is 6.72. The first-order valence-electron chi connectivity index (χ1n) is 6.85. The molecular weight excluding hydrogens is 338 g/mol. The van der Waals surface area contributed by atoms with Crippen LogP contribution in [0.25, 0.3) is 0 Å². The summed E-state index contributed by atoms with van der Waals surface area (Å²) in [6.45, 7) is 3.16. The van der Waals surface area contributed by atoms with Gasteiger partial charge in [0.25, 0.3) is 10.0 Å². The fourth-order valence-corrected chi connectivity index (χ4v) is 4.46. The van der Waals surface area contributed by atoms with E-state index in [2.05, 4.69) is 10.3 Å². The third kappa shape index (κ3) is 2.66. The molecule has 3 rings (SSSR count). The summed E-state index contributed by atoms with van der Waals surface area (Å²) in [5, 5.41) is 2.91. The third-order valence-electron chi connectivity index (χ3n) is 3.65. The fraction of sp³-hybridized carbons (Fsp3) is 0.200. The Balaban J connectivity index is 2.20. The number of halogens is 1. The Bertz CT molecular complexity index is 912. The van der Waals surface area contributed by atoms with Gasteiger partial charge in [-0.05, 0) is 37.1 Å². The lowest BCUT2D eigenvalue weighted by molar-refractivity contribution is -0.115. The number of pyridine rings is 1. The van der Waals surface area contributed by atoms with Crippen molar-refractivity contribution in [3.05, 3.63) is 46.7 Å². The van der Waals surface area contributed by atoms with Gasteiger partial charge in [0, 0.05) is 6.20 Å². The molecule has 0 saturated heterocycles. The molecule has 8 heteroatoms. The Morgan fingerprint density at radius 3 is 2.70 bits per heavy atom. The summed E-state index contributed by atoms with van der Waals surface area (Å²) in [6.07, 6.45) is 1.22. The lowest BCUT2D eigenvalue weighted by atomic mass is 10.1. The van der Waals surface area contributed by atoms with Crippen molar-refractivity contribution in [2.24, 2.45) is 0 Å². The molecule has 1 aromatic carbocycles. The number of hydrogen-bond acceptors (Lipinski definition) is 4. The molecule has 6 nitrogen and oxygen atoms in total. The maximum atomic E-state index is 13.0. The molecule has 0 radical (unpaired) electrons. The van der Waals surface area contributed by atoms with E-state index in [0.717, 1.165) is 9.87 Å². The molecule has 0 spiro atoms. The van der Waals surface area contributed by atoms with Crippen LogP contribution in [0.4, 0.5) is 11.4 Å². The Kier molecular flexibility index (Phi) is 3.77. The van der Waals surface area contributed by atoms with Gasteiger partial charge < -0.3 is 5.32 Å². The minimum absolute atomic E-state index is 0.0332. The summed E-state index contributed by atoms with van der Waals surface area (Å²) >= 11 is 5.80. The van der Waals surface area contributed by atoms with Crippen LogP contribution in [0.2, 0.25) is 5.15 Å². The molecule has 0 unspecified atom stereocenters. The van der Waals surface area contributed by atoms with Crippen molar-refractivity contribution in [3.8, 4) is 0 Å². The molecule has 0 saturated carbocycles. The second-order valence-electron chi connectivity index (χ2n) is 5.30. The lowest BCUT2D eigenvalue weighted by Crippen LogP contribution is -2.42. The molecule has 1 aromatic heterocycles. The van der Waals surface area contributed by atoms with Gasteiger partial charge >= 0.3 is 0 Å². The SMILES string of the molecule is Cc1cc(Cl)ncc1S(=O)(=O)N1CC(=O)Nc2cccc(C)c21. The molecule has 0 aliphatic carbocycles. The monoisotopic (exact) mass is 351 g/mol. The number of anilines is 2. The molecule has 0 atom stereocenters. The van der Waals surface area contributed by atoms with E-state index in [-0.39, 0.29) is 22.5 Å². The predicted molar refractivity (Wildman–Crippen MR) is 88.3 cm³/mol. The van der Waals surface area contributed by atoms with E-state index in [0.29, 0.717) is 16.9 Å². The van der Waals surface area contributed by atoms with Crippen LogP contribution in [0.1, 0.15) is 11.1 Å². The van der Waals surface area contributed by atoms with Gasteiger partial charge in [-0.15, -0.1) is 0 Å². The Labute approximate surface area is 139 Å². The van der Waals surface area contributed by atoms with E-state index in [1.165, 1.54) is 12.3 Å². The van der Waals surface area contributed by atoms with E-state index in [1.807, 2.05) is 0 Å². The number of nitrogens with zero attached hydrogens (tertiary/aromatic N) is 2. The molecule has 2 heterocycles. The maximum absolute atomic E-state index is 13.0. The number of para-hydroxylation sites is 1. The first-order valence-corrected chi connectivity index (χ1v) is 8.67. The third-order valence-corrected chi connectivity index (χ3v) is 5.73. The zero-order valence-corrected chi connectivity index (χ0v) is 14.1. The largest absolute Gasteiger partial charge is 0.323 e. The number of sulfonamides is 1. The number of fused-ring (bicyclic) bond motifs is 1. The topological polar surface area (TPSA) is 79.4 Å². The number of rotatable bonds is 2. The van der Waals surface area contributed by atoms with E-state index < -0.39 is 10.0 Å². The van der Waals surface area contributed by atoms with Gasteiger partial charge in [-0.3, -0.25) is 9.10 Å². The number of amides is 1. The molecule has 0 bridgehead atoms. The minimum Gasteiger partial charge on any atom is -0.323 e. The highest BCUT2D eigenvalue weighted by Crippen LogP contribution is 2.36. The van der Waals surface area contributed by atoms with E-state index in [9.17, 15) is 13.2 Å². The molecule has 2 aromatic rings. The summed E-state index contributed by atoms with van der Waals surface area (Å²) < 4.78 is 27.2. The van der Waals surface area contributed by atoms with Crippen molar-refractivity contribution >= 4 is 38.9 Å². The van der Waals surface area contributed by atoms with Crippen LogP contribution >= 0.6 is 11.6 Å². The maximum Gasteiger partial charge on any atom is 0.266 e. The normalized spacial score (nSPS) is 14.4. The molecular formula is C15H14ClN3O3S. The number of nitrogens with one attached hydrogen (secondary N) is 1. The highest BCUT2D eigenvalue weighted by molar-refractivity contribution is 7.93. The Hall–Kier alpha value is -2.12. The van der Waals surface area contributed by atoms with Gasteiger partial charge in [0.2, 0.25) is 5.91 Å². The number of carbonyl (C=O) groups excluding carboxylic acids is 1. The summed E-state index contributed by atoms with van der Waals surface area (Å²) in [5.41, 5.74) is 2.18. The van der Waals surface area contributed by atoms with Crippen LogP contribution in [-0.4, -0.2) is 25.9 Å². The number of aryl methyl sites for hydroxylation is 2. The molecule has 0 fully saturated rings. The van der Waals surface area contributed by atoms with Crippen LogP contribution in [-0.2, 0) is 14.8 Å². The first kappa shape index (κ1) is 15.8. The van der Waals surface area contributed by atoms with Crippen molar-refractivity contribution in [1.29, 1.82) is 0 Å². The number of hydrogen-bond donors (Lipinski definition) is 1. The van der Waals surface area contributed by atoms with Crippen LogP contribution in [0.3, 0.4) is 0 Å². The predicted octanol–water partition coefficient (Wildman–Crippen LogP) is 2.50. The highest BCUT2D eigenvalue weighted by atomic mass is 35.5. The minimum atomic E-state index is -3.93. The molecule has 1 amide bonds. The number of carbonyl (C=O) groups is 1. The number of benzene rings is 1. The molecule has 1 aliphatic heterocycles. The fourth-order valence-electron chi connectivity index (χ4n) is 2.59. The van der Waals surface area contributed by atoms with Gasteiger partial charge in [-0.1, -0.05) is 23.7 Å². The average molecular weight is 352 g/mol. The van der Waals surface area contributed by atoms with Gasteiger partial charge in [0.05, 0.1) is 11.4 Å². The van der Waals surface area contributed by atoms with Crippen molar-refractivity contribution < 1.29 is 13.2 Å². The van der Waals surface area contributed by atoms with E-state index >= 15 is 0 Å². The lowest BCUT2D eigenvalue weighted by Gasteiger charge is -2.31. The zero-order chi connectivity index (χ0) is 16.8. The molecule has 120 valence electrons. The molecule has 23 heavy (non-hydrogen) atoms. The Morgan fingerprint density at radius 1 is 1.26 bits per heavy atom. The second kappa shape index (κ2) is 5.50. The summed E-state index contributed by atoms with van der Waals surface area (Å²) in [7, 11) is -3.93. The van der Waals surface area contributed by atoms with Crippen LogP contribution < -0.4 is 9.62 Å². The van der Waals surface area contributed by atoms with Crippen LogP contribution in [0, 0.1) is 13.8 Å². The van der Waals surface area contributed by atoms with Gasteiger partial charge in [-0.25, -0.2) is 13.4 Å². The van der Waals surface area contributed by atoms with Crippen molar-refractivity contribution in [2.75, 3.05) is 16.2 Å². The molecule has 1 N–H and O–H groups in total. The van der Waals surface area contributed by atoms with Gasteiger partial charge in [-0.2, -0.15) is 0 Å². The van der Waals surface area contributed by atoms with Gasteiger partial charge in [0.15, 0.2) is 0 Å². The van der Waals surface area contributed by atoms with E-state index in [4.69, 9.17) is 11.6 Å². The van der Waals surface area contributed by atoms with Crippen LogP contribution in [0.15, 0.2) is 35.4 Å². The quantitative estimate of drug-likeness (QED) is 0.843. The van der Waals surface area contributed by atoms with Crippen molar-refractivity contribution in [2.45, 2.75) is 18.7 Å². The second-order valence-corrected chi connectivity index (χ2v) is 7.52. The first-order chi connectivity index (χ1) is 10.8. The average Bonchev–Trinajstić information content (AvgIpc) is 2.46. The van der Waals surface area contributed by atoms with Gasteiger partial charge in [0.1, 0.15) is 16.6 Å². The smallest absolute Gasteiger partial charge is 0.266 e. The highest BCUT2D eigenvalue weighted by Gasteiger charge is 2.34. The zero-order valence-electron chi connectivity index (χ0n) is 12.5. The van der Waals surface area contributed by atoms with E-state index in [1.54, 1.807) is 32.0 Å². The molecule has 1 aliphatic rings. The number of aromatic nitrogens is 1.